The number of rotatable bonds is 5. The van der Waals surface area contributed by atoms with Crippen molar-refractivity contribution < 1.29 is 4.52 Å². The molecule has 90 valence electrons. The van der Waals surface area contributed by atoms with E-state index in [0.29, 0.717) is 0 Å². The van der Waals surface area contributed by atoms with E-state index in [1.165, 1.54) is 0 Å². The van der Waals surface area contributed by atoms with Crippen molar-refractivity contribution in [1.82, 2.24) is 5.16 Å². The molecule has 0 aliphatic rings. The number of nitrogens with zero attached hydrogens (tertiary/aromatic N) is 1. The number of benzene rings is 1. The van der Waals surface area contributed by atoms with Crippen molar-refractivity contribution in [3.63, 3.8) is 0 Å². The summed E-state index contributed by atoms with van der Waals surface area (Å²) in [5.41, 5.74) is 2.11. The van der Waals surface area contributed by atoms with Gasteiger partial charge in [0.25, 0.3) is 0 Å². The predicted molar refractivity (Wildman–Crippen MR) is 72.9 cm³/mol. The molecule has 0 aliphatic carbocycles. The summed E-state index contributed by atoms with van der Waals surface area (Å²) >= 11 is 1.90. The van der Waals surface area contributed by atoms with Crippen LogP contribution in [0.2, 0.25) is 0 Å². The van der Waals surface area contributed by atoms with Gasteiger partial charge in [0.05, 0.1) is 5.69 Å². The fourth-order valence-corrected chi connectivity index (χ4v) is 2.45. The highest BCUT2D eigenvalue weighted by molar-refractivity contribution is 7.98. The van der Waals surface area contributed by atoms with E-state index in [0.717, 1.165) is 34.4 Å². The summed E-state index contributed by atoms with van der Waals surface area (Å²) in [6.07, 6.45) is 0. The molecule has 2 rings (SSSR count). The van der Waals surface area contributed by atoms with Crippen molar-refractivity contribution in [2.45, 2.75) is 19.6 Å². The van der Waals surface area contributed by atoms with Gasteiger partial charge in [-0.25, -0.2) is 0 Å². The maximum Gasteiger partial charge on any atom is 0.167 e. The molecular formula is C14H17NOS. The number of hydrogen-bond acceptors (Lipinski definition) is 3. The minimum Gasteiger partial charge on any atom is -0.356 e. The normalized spacial score (nSPS) is 11.0. The van der Waals surface area contributed by atoms with Crippen LogP contribution in [0.15, 0.2) is 40.9 Å². The molecule has 0 spiro atoms. The molecule has 0 saturated carbocycles. The van der Waals surface area contributed by atoms with Gasteiger partial charge in [0.1, 0.15) is 0 Å². The smallest absolute Gasteiger partial charge is 0.167 e. The molecule has 0 fully saturated rings. The Morgan fingerprint density at radius 3 is 2.71 bits per heavy atom. The quantitative estimate of drug-likeness (QED) is 0.790. The number of aromatic nitrogens is 1. The first kappa shape index (κ1) is 12.2. The molecule has 1 aromatic heterocycles. The largest absolute Gasteiger partial charge is 0.356 e. The van der Waals surface area contributed by atoms with E-state index in [9.17, 15) is 0 Å². The minimum absolute atomic E-state index is 0.723. The van der Waals surface area contributed by atoms with Gasteiger partial charge >= 0.3 is 0 Å². The molecule has 0 N–H and O–H groups in total. The van der Waals surface area contributed by atoms with Crippen molar-refractivity contribution in [3.05, 3.63) is 42.1 Å². The number of hydrogen-bond donors (Lipinski definition) is 0. The maximum atomic E-state index is 5.34. The molecule has 17 heavy (non-hydrogen) atoms. The van der Waals surface area contributed by atoms with Gasteiger partial charge in [-0.2, -0.15) is 11.8 Å². The maximum absolute atomic E-state index is 5.34. The Bertz CT molecular complexity index is 450. The molecule has 0 saturated heterocycles. The predicted octanol–water partition coefficient (Wildman–Crippen LogP) is 4.23. The molecule has 0 radical (unpaired) electrons. The first-order valence-corrected chi connectivity index (χ1v) is 7.00. The zero-order valence-electron chi connectivity index (χ0n) is 10.2. The Morgan fingerprint density at radius 2 is 2.00 bits per heavy atom. The third-order valence-electron chi connectivity index (χ3n) is 2.32. The van der Waals surface area contributed by atoms with Crippen LogP contribution in [0.3, 0.4) is 0 Å². The molecule has 0 unspecified atom stereocenters. The van der Waals surface area contributed by atoms with Crippen molar-refractivity contribution >= 4 is 11.8 Å². The van der Waals surface area contributed by atoms with Gasteiger partial charge in [0.2, 0.25) is 0 Å². The van der Waals surface area contributed by atoms with Crippen LogP contribution >= 0.6 is 11.8 Å². The fourth-order valence-electron chi connectivity index (χ4n) is 1.52. The van der Waals surface area contributed by atoms with Gasteiger partial charge < -0.3 is 4.52 Å². The highest BCUT2D eigenvalue weighted by Gasteiger charge is 2.06. The molecule has 0 bridgehead atoms. The average molecular weight is 247 g/mol. The van der Waals surface area contributed by atoms with Crippen LogP contribution < -0.4 is 0 Å². The molecule has 0 atom stereocenters. The van der Waals surface area contributed by atoms with E-state index in [1.807, 2.05) is 48.2 Å². The van der Waals surface area contributed by atoms with Crippen LogP contribution in [0.25, 0.3) is 11.3 Å². The minimum atomic E-state index is 0.723. The first-order chi connectivity index (χ1) is 8.25. The lowest BCUT2D eigenvalue weighted by Gasteiger charge is -2.00. The summed E-state index contributed by atoms with van der Waals surface area (Å²) < 4.78 is 5.34. The summed E-state index contributed by atoms with van der Waals surface area (Å²) in [6, 6.07) is 12.1. The molecule has 0 aliphatic heterocycles. The molecule has 1 aromatic carbocycles. The van der Waals surface area contributed by atoms with Crippen LogP contribution in [0.5, 0.6) is 0 Å². The fraction of sp³-hybridized carbons (Fsp3) is 0.357. The Morgan fingerprint density at radius 1 is 1.24 bits per heavy atom. The SMILES string of the molecule is CC(C)CSCc1cc(-c2ccccc2)on1. The zero-order valence-corrected chi connectivity index (χ0v) is 11.0. The van der Waals surface area contributed by atoms with Gasteiger partial charge in [0, 0.05) is 17.4 Å². The standard InChI is InChI=1S/C14H17NOS/c1-11(2)9-17-10-13-8-14(16-15-13)12-6-4-3-5-7-12/h3-8,11H,9-10H2,1-2H3. The Hall–Kier alpha value is -1.22. The van der Waals surface area contributed by atoms with Crippen LogP contribution in [0, 0.1) is 5.92 Å². The summed E-state index contributed by atoms with van der Waals surface area (Å²) in [5.74, 6) is 3.66. The lowest BCUT2D eigenvalue weighted by Crippen LogP contribution is -1.91. The van der Waals surface area contributed by atoms with Gasteiger partial charge in [0.15, 0.2) is 5.76 Å². The molecule has 0 amide bonds. The summed E-state index contributed by atoms with van der Waals surface area (Å²) in [6.45, 7) is 4.45. The molecule has 2 nitrogen and oxygen atoms in total. The van der Waals surface area contributed by atoms with E-state index < -0.39 is 0 Å². The lowest BCUT2D eigenvalue weighted by molar-refractivity contribution is 0.426. The monoisotopic (exact) mass is 247 g/mol. The lowest BCUT2D eigenvalue weighted by atomic mass is 10.2. The van der Waals surface area contributed by atoms with Crippen LogP contribution in [0.4, 0.5) is 0 Å². The summed E-state index contributed by atoms with van der Waals surface area (Å²) in [5, 5.41) is 4.09. The first-order valence-electron chi connectivity index (χ1n) is 5.84. The number of thioether (sulfide) groups is 1. The second-order valence-corrected chi connectivity index (χ2v) is 5.49. The third kappa shape index (κ3) is 3.63. The highest BCUT2D eigenvalue weighted by atomic mass is 32.2. The van der Waals surface area contributed by atoms with E-state index in [1.54, 1.807) is 0 Å². The van der Waals surface area contributed by atoms with E-state index in [4.69, 9.17) is 4.52 Å². The summed E-state index contributed by atoms with van der Waals surface area (Å²) in [7, 11) is 0. The van der Waals surface area contributed by atoms with Crippen LogP contribution in [-0.2, 0) is 5.75 Å². The Balaban J connectivity index is 1.97. The van der Waals surface area contributed by atoms with Crippen LogP contribution in [0.1, 0.15) is 19.5 Å². The Kier molecular flexibility index (Phi) is 4.26. The highest BCUT2D eigenvalue weighted by Crippen LogP contribution is 2.22. The van der Waals surface area contributed by atoms with Gasteiger partial charge in [-0.1, -0.05) is 49.3 Å². The van der Waals surface area contributed by atoms with Crippen molar-refractivity contribution in [3.8, 4) is 11.3 Å². The second kappa shape index (κ2) is 5.92. The average Bonchev–Trinajstić information content (AvgIpc) is 2.78. The van der Waals surface area contributed by atoms with Crippen LogP contribution in [-0.4, -0.2) is 10.9 Å². The molecule has 2 aromatic rings. The Labute approximate surface area is 106 Å². The van der Waals surface area contributed by atoms with Crippen molar-refractivity contribution in [2.24, 2.45) is 5.92 Å². The molecule has 1 heterocycles. The van der Waals surface area contributed by atoms with Crippen molar-refractivity contribution in [1.29, 1.82) is 0 Å². The van der Waals surface area contributed by atoms with Crippen molar-refractivity contribution in [2.75, 3.05) is 5.75 Å². The topological polar surface area (TPSA) is 26.0 Å². The zero-order chi connectivity index (χ0) is 12.1. The molecular weight excluding hydrogens is 230 g/mol. The van der Waals surface area contributed by atoms with E-state index in [-0.39, 0.29) is 0 Å². The van der Waals surface area contributed by atoms with Gasteiger partial charge in [-0.05, 0) is 11.7 Å². The van der Waals surface area contributed by atoms with E-state index in [2.05, 4.69) is 19.0 Å². The summed E-state index contributed by atoms with van der Waals surface area (Å²) in [4.78, 5) is 0. The van der Waals surface area contributed by atoms with Gasteiger partial charge in [-0.15, -0.1) is 0 Å². The van der Waals surface area contributed by atoms with E-state index >= 15 is 0 Å². The van der Waals surface area contributed by atoms with Gasteiger partial charge in [-0.3, -0.25) is 0 Å². The molecule has 3 heteroatoms. The second-order valence-electron chi connectivity index (χ2n) is 4.46. The third-order valence-corrected chi connectivity index (χ3v) is 3.72.